The van der Waals surface area contributed by atoms with Crippen LogP contribution in [0, 0.1) is 0 Å². The van der Waals surface area contributed by atoms with Gasteiger partial charge < -0.3 is 10.3 Å². The van der Waals surface area contributed by atoms with Crippen LogP contribution in [0.15, 0.2) is 30.6 Å². The Morgan fingerprint density at radius 2 is 2.05 bits per heavy atom. The molecule has 0 bridgehead atoms. The van der Waals surface area contributed by atoms with E-state index >= 15 is 0 Å². The molecule has 3 aromatic rings. The van der Waals surface area contributed by atoms with Crippen LogP contribution < -0.4 is 5.32 Å². The molecule has 0 aliphatic carbocycles. The zero-order chi connectivity index (χ0) is 15.7. The fourth-order valence-corrected chi connectivity index (χ4v) is 2.09. The molecule has 0 saturated carbocycles. The number of halogens is 4. The molecule has 5 nitrogen and oxygen atoms in total. The minimum Gasteiger partial charge on any atom is -0.359 e. The molecule has 0 radical (unpaired) electrons. The van der Waals surface area contributed by atoms with E-state index in [1.165, 1.54) is 6.33 Å². The summed E-state index contributed by atoms with van der Waals surface area (Å²) in [7, 11) is 0. The highest BCUT2D eigenvalue weighted by Crippen LogP contribution is 2.25. The zero-order valence-corrected chi connectivity index (χ0v) is 11.7. The van der Waals surface area contributed by atoms with Gasteiger partial charge in [-0.1, -0.05) is 23.7 Å². The SMILES string of the molecule is FC(F)(F)CNc1nc(-c2cccc(Cl)c2)nc2nc[nH]c12. The number of imidazole rings is 1. The molecule has 2 aromatic heterocycles. The number of rotatable bonds is 3. The van der Waals surface area contributed by atoms with Crippen molar-refractivity contribution in [3.05, 3.63) is 35.6 Å². The number of alkyl halides is 3. The van der Waals surface area contributed by atoms with Crippen LogP contribution in [0.5, 0.6) is 0 Å². The summed E-state index contributed by atoms with van der Waals surface area (Å²) in [5, 5.41) is 2.74. The summed E-state index contributed by atoms with van der Waals surface area (Å²) in [6, 6.07) is 6.73. The van der Waals surface area contributed by atoms with Gasteiger partial charge in [0, 0.05) is 10.6 Å². The normalized spacial score (nSPS) is 11.8. The quantitative estimate of drug-likeness (QED) is 0.770. The number of nitrogens with one attached hydrogen (secondary N) is 2. The minimum atomic E-state index is -4.35. The van der Waals surface area contributed by atoms with Crippen molar-refractivity contribution in [3.8, 4) is 11.4 Å². The Kier molecular flexibility index (Phi) is 3.61. The first kappa shape index (κ1) is 14.6. The van der Waals surface area contributed by atoms with E-state index in [1.54, 1.807) is 24.3 Å². The average Bonchev–Trinajstić information content (AvgIpc) is 2.92. The molecular weight excluding hydrogens is 319 g/mol. The van der Waals surface area contributed by atoms with Crippen LogP contribution in [-0.2, 0) is 0 Å². The average molecular weight is 328 g/mol. The van der Waals surface area contributed by atoms with Crippen molar-refractivity contribution in [2.45, 2.75) is 6.18 Å². The molecule has 1 aromatic carbocycles. The van der Waals surface area contributed by atoms with Gasteiger partial charge in [-0.05, 0) is 12.1 Å². The van der Waals surface area contributed by atoms with Gasteiger partial charge in [-0.15, -0.1) is 0 Å². The number of benzene rings is 1. The second-order valence-corrected chi connectivity index (χ2v) is 4.91. The lowest BCUT2D eigenvalue weighted by atomic mass is 10.2. The van der Waals surface area contributed by atoms with Crippen molar-refractivity contribution >= 4 is 28.6 Å². The Bertz CT molecular complexity index is 815. The van der Waals surface area contributed by atoms with Gasteiger partial charge in [0.25, 0.3) is 0 Å². The predicted molar refractivity (Wildman–Crippen MR) is 76.7 cm³/mol. The number of aromatic amines is 1. The summed E-state index contributed by atoms with van der Waals surface area (Å²) >= 11 is 5.91. The fourth-order valence-electron chi connectivity index (χ4n) is 1.90. The number of H-pyrrole nitrogens is 1. The van der Waals surface area contributed by atoms with Crippen LogP contribution in [0.1, 0.15) is 0 Å². The second-order valence-electron chi connectivity index (χ2n) is 4.48. The standard InChI is InChI=1S/C13H9ClF3N5/c14-8-3-1-2-7(4-8)10-21-11(18-5-13(15,16)17)9-12(22-10)20-6-19-9/h1-4,6H,5H2,(H2,18,19,20,21,22). The molecule has 0 atom stereocenters. The molecule has 9 heteroatoms. The van der Waals surface area contributed by atoms with E-state index in [-0.39, 0.29) is 17.3 Å². The number of hydrogen-bond acceptors (Lipinski definition) is 4. The number of nitrogens with zero attached hydrogens (tertiary/aromatic N) is 3. The zero-order valence-electron chi connectivity index (χ0n) is 10.9. The second kappa shape index (κ2) is 5.45. The molecule has 22 heavy (non-hydrogen) atoms. The van der Waals surface area contributed by atoms with Gasteiger partial charge in [-0.3, -0.25) is 0 Å². The van der Waals surface area contributed by atoms with Gasteiger partial charge >= 0.3 is 6.18 Å². The minimum absolute atomic E-state index is 0.0369. The predicted octanol–water partition coefficient (Wildman–Crippen LogP) is 3.65. The summed E-state index contributed by atoms with van der Waals surface area (Å²) in [6.07, 6.45) is -3.01. The first-order valence-corrected chi connectivity index (χ1v) is 6.58. The van der Waals surface area contributed by atoms with Gasteiger partial charge in [0.1, 0.15) is 12.1 Å². The molecule has 114 valence electrons. The van der Waals surface area contributed by atoms with Crippen LogP contribution in [0.25, 0.3) is 22.6 Å². The van der Waals surface area contributed by atoms with Crippen molar-refractivity contribution in [2.24, 2.45) is 0 Å². The highest BCUT2D eigenvalue weighted by Gasteiger charge is 2.27. The van der Waals surface area contributed by atoms with E-state index in [0.29, 0.717) is 16.1 Å². The van der Waals surface area contributed by atoms with Gasteiger partial charge in [-0.2, -0.15) is 13.2 Å². The highest BCUT2D eigenvalue weighted by molar-refractivity contribution is 6.30. The smallest absolute Gasteiger partial charge is 0.359 e. The number of anilines is 1. The molecule has 0 aliphatic heterocycles. The van der Waals surface area contributed by atoms with Crippen LogP contribution in [0.2, 0.25) is 5.02 Å². The largest absolute Gasteiger partial charge is 0.405 e. The topological polar surface area (TPSA) is 66.5 Å². The Morgan fingerprint density at radius 3 is 2.77 bits per heavy atom. The Hall–Kier alpha value is -2.35. The van der Waals surface area contributed by atoms with E-state index in [1.807, 2.05) is 0 Å². The first-order chi connectivity index (χ1) is 10.4. The molecule has 3 rings (SSSR count). The lowest BCUT2D eigenvalue weighted by Gasteiger charge is -2.10. The summed E-state index contributed by atoms with van der Waals surface area (Å²) in [5.41, 5.74) is 1.18. The summed E-state index contributed by atoms with van der Waals surface area (Å²) in [4.78, 5) is 15.0. The molecule has 0 fully saturated rings. The maximum Gasteiger partial charge on any atom is 0.405 e. The molecule has 0 unspecified atom stereocenters. The maximum atomic E-state index is 12.4. The third kappa shape index (κ3) is 3.11. The molecular formula is C13H9ClF3N5. The molecule has 0 saturated heterocycles. The summed E-state index contributed by atoms with van der Waals surface area (Å²) in [6.45, 7) is -1.20. The van der Waals surface area contributed by atoms with Gasteiger partial charge in [0.15, 0.2) is 17.3 Å². The van der Waals surface area contributed by atoms with Crippen molar-refractivity contribution < 1.29 is 13.2 Å². The maximum absolute atomic E-state index is 12.4. The summed E-state index contributed by atoms with van der Waals surface area (Å²) in [5.74, 6) is 0.279. The summed E-state index contributed by atoms with van der Waals surface area (Å²) < 4.78 is 37.2. The molecule has 0 aliphatic rings. The van der Waals surface area contributed by atoms with E-state index in [0.717, 1.165) is 0 Å². The van der Waals surface area contributed by atoms with E-state index in [9.17, 15) is 13.2 Å². The lowest BCUT2D eigenvalue weighted by Crippen LogP contribution is -2.22. The van der Waals surface area contributed by atoms with Crippen molar-refractivity contribution in [2.75, 3.05) is 11.9 Å². The Morgan fingerprint density at radius 1 is 1.23 bits per heavy atom. The number of aromatic nitrogens is 4. The Labute approximate surface area is 127 Å². The van der Waals surface area contributed by atoms with Crippen LogP contribution in [-0.4, -0.2) is 32.7 Å². The Balaban J connectivity index is 2.05. The third-order valence-electron chi connectivity index (χ3n) is 2.82. The van der Waals surface area contributed by atoms with Crippen molar-refractivity contribution in [1.29, 1.82) is 0 Å². The van der Waals surface area contributed by atoms with Crippen molar-refractivity contribution in [3.63, 3.8) is 0 Å². The van der Waals surface area contributed by atoms with Crippen LogP contribution in [0.4, 0.5) is 19.0 Å². The lowest BCUT2D eigenvalue weighted by molar-refractivity contribution is -0.115. The van der Waals surface area contributed by atoms with Crippen LogP contribution >= 0.6 is 11.6 Å². The first-order valence-electron chi connectivity index (χ1n) is 6.20. The number of fused-ring (bicyclic) bond motifs is 1. The molecule has 2 heterocycles. The van der Waals surface area contributed by atoms with Crippen LogP contribution in [0.3, 0.4) is 0 Å². The highest BCUT2D eigenvalue weighted by atomic mass is 35.5. The van der Waals surface area contributed by atoms with Gasteiger partial charge in [0.2, 0.25) is 0 Å². The molecule has 0 amide bonds. The van der Waals surface area contributed by atoms with E-state index < -0.39 is 12.7 Å². The fraction of sp³-hybridized carbons (Fsp3) is 0.154. The van der Waals surface area contributed by atoms with Gasteiger partial charge in [-0.25, -0.2) is 15.0 Å². The molecule has 0 spiro atoms. The van der Waals surface area contributed by atoms with Gasteiger partial charge in [0.05, 0.1) is 6.33 Å². The number of hydrogen-bond donors (Lipinski definition) is 2. The molecule has 2 N–H and O–H groups in total. The third-order valence-corrected chi connectivity index (χ3v) is 3.06. The van der Waals surface area contributed by atoms with E-state index in [2.05, 4.69) is 25.3 Å². The monoisotopic (exact) mass is 327 g/mol. The van der Waals surface area contributed by atoms with E-state index in [4.69, 9.17) is 11.6 Å². The van der Waals surface area contributed by atoms with Crippen molar-refractivity contribution in [1.82, 2.24) is 19.9 Å².